The van der Waals surface area contributed by atoms with Gasteiger partial charge in [-0.25, -0.2) is 9.97 Å². The van der Waals surface area contributed by atoms with E-state index in [-0.39, 0.29) is 5.38 Å². The van der Waals surface area contributed by atoms with Gasteiger partial charge in [-0.05, 0) is 43.9 Å². The first-order valence-corrected chi connectivity index (χ1v) is 9.01. The molecule has 2 heterocycles. The van der Waals surface area contributed by atoms with Crippen molar-refractivity contribution in [3.8, 4) is 0 Å². The third-order valence-electron chi connectivity index (χ3n) is 3.37. The Morgan fingerprint density at radius 1 is 1.30 bits per heavy atom. The molecule has 2 aromatic rings. The van der Waals surface area contributed by atoms with E-state index >= 15 is 0 Å². The van der Waals surface area contributed by atoms with Crippen molar-refractivity contribution < 1.29 is 0 Å². The van der Waals surface area contributed by atoms with E-state index < -0.39 is 0 Å². The van der Waals surface area contributed by atoms with Crippen LogP contribution in [0.15, 0.2) is 18.3 Å². The van der Waals surface area contributed by atoms with Crippen molar-refractivity contribution in [1.29, 1.82) is 0 Å². The molecule has 0 amide bonds. The number of fused-ring (bicyclic) bond motifs is 1. The molecule has 2 rings (SSSR count). The van der Waals surface area contributed by atoms with E-state index in [9.17, 15) is 0 Å². The Morgan fingerprint density at radius 3 is 2.85 bits per heavy atom. The maximum absolute atomic E-state index is 6.25. The predicted molar refractivity (Wildman–Crippen MR) is 88.6 cm³/mol. The highest BCUT2D eigenvalue weighted by Crippen LogP contribution is 2.23. The molecule has 0 aliphatic heterocycles. The summed E-state index contributed by atoms with van der Waals surface area (Å²) in [7, 11) is 0. The molecule has 2 aromatic heterocycles. The smallest absolute Gasteiger partial charge is 0.160 e. The second-order valence-electron chi connectivity index (χ2n) is 4.99. The molecule has 20 heavy (non-hydrogen) atoms. The van der Waals surface area contributed by atoms with Crippen LogP contribution in [0.1, 0.15) is 43.8 Å². The van der Waals surface area contributed by atoms with Crippen molar-refractivity contribution in [2.24, 2.45) is 0 Å². The van der Waals surface area contributed by atoms with Gasteiger partial charge in [0.05, 0.1) is 5.38 Å². The van der Waals surface area contributed by atoms with E-state index in [2.05, 4.69) is 20.8 Å². The van der Waals surface area contributed by atoms with Crippen LogP contribution in [0.25, 0.3) is 11.2 Å². The molecule has 0 bridgehead atoms. The largest absolute Gasteiger partial charge is 0.311 e. The summed E-state index contributed by atoms with van der Waals surface area (Å²) in [5.41, 5.74) is 1.90. The van der Waals surface area contributed by atoms with Crippen molar-refractivity contribution in [2.45, 2.75) is 44.5 Å². The summed E-state index contributed by atoms with van der Waals surface area (Å²) in [6, 6.07) is 3.92. The molecule has 0 spiro atoms. The molecule has 3 nitrogen and oxygen atoms in total. The van der Waals surface area contributed by atoms with Gasteiger partial charge < -0.3 is 4.57 Å². The van der Waals surface area contributed by atoms with Crippen molar-refractivity contribution in [2.75, 3.05) is 12.0 Å². The van der Waals surface area contributed by atoms with Crippen LogP contribution < -0.4 is 0 Å². The average molecular weight is 312 g/mol. The minimum Gasteiger partial charge on any atom is -0.311 e. The highest BCUT2D eigenvalue weighted by atomic mass is 35.5. The Kier molecular flexibility index (Phi) is 6.17. The minimum absolute atomic E-state index is 0.0827. The highest BCUT2D eigenvalue weighted by molar-refractivity contribution is 7.98. The standard InChI is InChI=1S/C15H22ClN3S/c1-12(16)14-18-13-8-7-9-17-15(13)19(14)10-5-3-4-6-11-20-2/h7-9,12H,3-6,10-11H2,1-2H3. The van der Waals surface area contributed by atoms with Crippen LogP contribution in [-0.4, -0.2) is 26.5 Å². The molecule has 0 N–H and O–H groups in total. The fraction of sp³-hybridized carbons (Fsp3) is 0.600. The van der Waals surface area contributed by atoms with Gasteiger partial charge in [-0.3, -0.25) is 0 Å². The first-order chi connectivity index (χ1) is 9.74. The molecule has 1 atom stereocenters. The summed E-state index contributed by atoms with van der Waals surface area (Å²) in [5, 5.41) is -0.0827. The number of hydrogen-bond donors (Lipinski definition) is 0. The average Bonchev–Trinajstić information content (AvgIpc) is 2.82. The van der Waals surface area contributed by atoms with E-state index in [1.165, 1.54) is 25.0 Å². The summed E-state index contributed by atoms with van der Waals surface area (Å²) in [5.74, 6) is 2.20. The van der Waals surface area contributed by atoms with Gasteiger partial charge >= 0.3 is 0 Å². The van der Waals surface area contributed by atoms with Gasteiger partial charge in [0.25, 0.3) is 0 Å². The lowest BCUT2D eigenvalue weighted by Crippen LogP contribution is -2.05. The highest BCUT2D eigenvalue weighted by Gasteiger charge is 2.14. The number of aryl methyl sites for hydroxylation is 1. The molecule has 0 fully saturated rings. The van der Waals surface area contributed by atoms with E-state index in [0.717, 1.165) is 30.0 Å². The molecule has 1 unspecified atom stereocenters. The van der Waals surface area contributed by atoms with Crippen molar-refractivity contribution in [3.05, 3.63) is 24.2 Å². The summed E-state index contributed by atoms with van der Waals surface area (Å²) < 4.78 is 2.18. The second-order valence-corrected chi connectivity index (χ2v) is 6.63. The monoisotopic (exact) mass is 311 g/mol. The van der Waals surface area contributed by atoms with Crippen LogP contribution in [0.3, 0.4) is 0 Å². The van der Waals surface area contributed by atoms with Gasteiger partial charge in [-0.1, -0.05) is 12.8 Å². The van der Waals surface area contributed by atoms with Gasteiger partial charge in [-0.2, -0.15) is 11.8 Å². The summed E-state index contributed by atoms with van der Waals surface area (Å²) in [6.45, 7) is 2.93. The van der Waals surface area contributed by atoms with Gasteiger partial charge in [0.2, 0.25) is 0 Å². The lowest BCUT2D eigenvalue weighted by molar-refractivity contribution is 0.573. The Hall–Kier alpha value is -0.740. The molecular formula is C15H22ClN3S. The van der Waals surface area contributed by atoms with Crippen molar-refractivity contribution >= 4 is 34.5 Å². The number of aromatic nitrogens is 3. The summed E-state index contributed by atoms with van der Waals surface area (Å²) in [4.78, 5) is 9.06. The fourth-order valence-corrected chi connectivity index (χ4v) is 3.03. The first kappa shape index (κ1) is 15.6. The number of rotatable bonds is 8. The van der Waals surface area contributed by atoms with E-state index in [1.807, 2.05) is 37.0 Å². The number of imidazole rings is 1. The van der Waals surface area contributed by atoms with Crippen LogP contribution >= 0.6 is 23.4 Å². The topological polar surface area (TPSA) is 30.7 Å². The SMILES string of the molecule is CSCCCCCCn1c(C(C)Cl)nc2cccnc21. The van der Waals surface area contributed by atoms with Gasteiger partial charge in [0.15, 0.2) is 5.65 Å². The van der Waals surface area contributed by atoms with Gasteiger partial charge in [0, 0.05) is 12.7 Å². The number of thioether (sulfide) groups is 1. The first-order valence-electron chi connectivity index (χ1n) is 7.18. The molecule has 0 aliphatic carbocycles. The van der Waals surface area contributed by atoms with Crippen molar-refractivity contribution in [1.82, 2.24) is 14.5 Å². The van der Waals surface area contributed by atoms with Crippen LogP contribution in [0, 0.1) is 0 Å². The second kappa shape index (κ2) is 7.89. The molecule has 5 heteroatoms. The number of unbranched alkanes of at least 4 members (excludes halogenated alkanes) is 3. The number of nitrogens with zero attached hydrogens (tertiary/aromatic N) is 3. The van der Waals surface area contributed by atoms with Crippen LogP contribution in [0.4, 0.5) is 0 Å². The zero-order valence-corrected chi connectivity index (χ0v) is 13.8. The molecule has 0 saturated carbocycles. The number of halogens is 1. The van der Waals surface area contributed by atoms with E-state index in [0.29, 0.717) is 0 Å². The molecule has 0 saturated heterocycles. The fourth-order valence-electron chi connectivity index (χ4n) is 2.37. The molecular weight excluding hydrogens is 290 g/mol. The zero-order valence-electron chi connectivity index (χ0n) is 12.2. The van der Waals surface area contributed by atoms with Crippen LogP contribution in [0.5, 0.6) is 0 Å². The number of alkyl halides is 1. The maximum atomic E-state index is 6.25. The van der Waals surface area contributed by atoms with Crippen molar-refractivity contribution in [3.63, 3.8) is 0 Å². The Balaban J connectivity index is 2.02. The lowest BCUT2D eigenvalue weighted by Gasteiger charge is -2.09. The Morgan fingerprint density at radius 2 is 2.10 bits per heavy atom. The summed E-state index contributed by atoms with van der Waals surface area (Å²) >= 11 is 8.17. The molecule has 0 aliphatic rings. The summed E-state index contributed by atoms with van der Waals surface area (Å²) in [6.07, 6.45) is 9.00. The third kappa shape index (κ3) is 3.89. The van der Waals surface area contributed by atoms with Crippen LogP contribution in [0.2, 0.25) is 0 Å². The number of pyridine rings is 1. The Labute approximate surface area is 130 Å². The lowest BCUT2D eigenvalue weighted by atomic mass is 10.2. The van der Waals surface area contributed by atoms with Gasteiger partial charge in [-0.15, -0.1) is 11.6 Å². The normalized spacial score (nSPS) is 12.9. The maximum Gasteiger partial charge on any atom is 0.160 e. The number of hydrogen-bond acceptors (Lipinski definition) is 3. The van der Waals surface area contributed by atoms with Crippen LogP contribution in [-0.2, 0) is 6.54 Å². The molecule has 110 valence electrons. The van der Waals surface area contributed by atoms with E-state index in [1.54, 1.807) is 0 Å². The Bertz CT molecular complexity index is 539. The molecule has 0 radical (unpaired) electrons. The van der Waals surface area contributed by atoms with Gasteiger partial charge in [0.1, 0.15) is 11.3 Å². The molecule has 0 aromatic carbocycles. The quantitative estimate of drug-likeness (QED) is 0.525. The van der Waals surface area contributed by atoms with E-state index in [4.69, 9.17) is 11.6 Å². The third-order valence-corrected chi connectivity index (χ3v) is 4.26. The zero-order chi connectivity index (χ0) is 14.4. The predicted octanol–water partition coefficient (Wildman–Crippen LogP) is 4.65. The minimum atomic E-state index is -0.0827.